The lowest BCUT2D eigenvalue weighted by Crippen LogP contribution is -2.66. The number of rotatable bonds is 15. The fourth-order valence-electron chi connectivity index (χ4n) is 10.4. The third-order valence-electron chi connectivity index (χ3n) is 15.3. The Morgan fingerprint density at radius 3 is 1.02 bits per heavy atom. The van der Waals surface area contributed by atoms with Crippen molar-refractivity contribution in [1.29, 1.82) is 0 Å². The predicted octanol–water partition coefficient (Wildman–Crippen LogP) is -3.79. The number of hydrogen-bond acceptors (Lipinski definition) is 25. The van der Waals surface area contributed by atoms with Crippen LogP contribution in [0, 0.1) is 10.8 Å². The lowest BCUT2D eigenvalue weighted by molar-refractivity contribution is -0.137. The van der Waals surface area contributed by atoms with Gasteiger partial charge >= 0.3 is 5.97 Å². The van der Waals surface area contributed by atoms with Gasteiger partial charge in [0.15, 0.2) is 12.7 Å². The van der Waals surface area contributed by atoms with E-state index in [9.17, 15) is 19.2 Å². The summed E-state index contributed by atoms with van der Waals surface area (Å²) in [6.07, 6.45) is 4.21. The number of carboxylic acid groups (broad SMARTS) is 1. The monoisotopic (exact) mass is 1210 g/mol. The molecule has 4 bridgehead atoms. The van der Waals surface area contributed by atoms with E-state index < -0.39 is 17.0 Å². The molecule has 0 radical (unpaired) electrons. The van der Waals surface area contributed by atoms with Crippen LogP contribution < -0.4 is 85.5 Å². The zero-order chi connectivity index (χ0) is 61.7. The number of aromatic nitrogens is 8. The normalized spacial score (nSPS) is 24.1. The zero-order valence-corrected chi connectivity index (χ0v) is 51.1. The Kier molecular flexibility index (Phi) is 31.2. The van der Waals surface area contributed by atoms with E-state index in [1.54, 1.807) is 0 Å². The van der Waals surface area contributed by atoms with Gasteiger partial charge in [-0.05, 0) is 24.0 Å². The van der Waals surface area contributed by atoms with Crippen molar-refractivity contribution >= 4 is 23.7 Å². The van der Waals surface area contributed by atoms with Gasteiger partial charge in [0.25, 0.3) is 0 Å². The first-order valence-electron chi connectivity index (χ1n) is 30.8. The predicted molar refractivity (Wildman–Crippen MR) is 334 cm³/mol. The zero-order valence-electron chi connectivity index (χ0n) is 51.1. The van der Waals surface area contributed by atoms with Gasteiger partial charge in [0.05, 0.1) is 11.1 Å². The summed E-state index contributed by atoms with van der Waals surface area (Å²) < 4.78 is 0. The van der Waals surface area contributed by atoms with Crippen LogP contribution in [-0.2, 0) is 32.3 Å². The van der Waals surface area contributed by atoms with Crippen molar-refractivity contribution in [3.05, 3.63) is 72.3 Å². The fraction of sp³-hybridized carbons (Fsp3) is 0.655. The number of carbonyl (C=O) groups is 4. The Bertz CT molecular complexity index is 2490. The maximum atomic E-state index is 13.1. The first kappa shape index (κ1) is 69.8. The average Bonchev–Trinajstić information content (AvgIpc) is 3.72. The van der Waals surface area contributed by atoms with Crippen LogP contribution >= 0.6 is 0 Å². The second-order valence-electron chi connectivity index (χ2n) is 23.6. The summed E-state index contributed by atoms with van der Waals surface area (Å²) in [4.78, 5) is 49.0. The number of hydrogen-bond donors (Lipinski definition) is 17. The van der Waals surface area contributed by atoms with Crippen LogP contribution in [0.3, 0.4) is 0 Å². The summed E-state index contributed by atoms with van der Waals surface area (Å²) >= 11 is 0. The van der Waals surface area contributed by atoms with Crippen molar-refractivity contribution in [3.8, 4) is 22.8 Å². The van der Waals surface area contributed by atoms with Crippen molar-refractivity contribution < 1.29 is 24.3 Å². The molecule has 0 aliphatic carbocycles. The van der Waals surface area contributed by atoms with Gasteiger partial charge in [-0.15, -0.1) is 40.8 Å². The highest BCUT2D eigenvalue weighted by Crippen LogP contribution is 2.17. The molecule has 4 aromatic rings. The molecule has 0 atom stereocenters. The lowest BCUT2D eigenvalue weighted by Gasteiger charge is -2.37. The Morgan fingerprint density at radius 1 is 0.425 bits per heavy atom. The van der Waals surface area contributed by atoms with E-state index in [-0.39, 0.29) is 54.2 Å². The Labute approximate surface area is 512 Å². The molecule has 0 spiro atoms. The summed E-state index contributed by atoms with van der Waals surface area (Å²) in [6, 6.07) is 15.2. The molecular weight excluding hydrogens is 1110 g/mol. The number of amides is 3. The van der Waals surface area contributed by atoms with Gasteiger partial charge in [-0.1, -0.05) is 62.4 Å². The van der Waals surface area contributed by atoms with Gasteiger partial charge < -0.3 is 90.6 Å². The number of benzene rings is 2. The van der Waals surface area contributed by atoms with E-state index in [0.29, 0.717) is 76.8 Å². The van der Waals surface area contributed by atoms with Crippen LogP contribution in [0.5, 0.6) is 0 Å². The molecule has 0 saturated carbocycles. The maximum Gasteiger partial charge on any atom is 0.303 e. The van der Waals surface area contributed by atoms with Crippen molar-refractivity contribution in [2.45, 2.75) is 76.5 Å². The van der Waals surface area contributed by atoms with E-state index in [1.165, 1.54) is 12.7 Å². The number of nitrogens with one attached hydrogen (secondary N) is 15. The quantitative estimate of drug-likeness (QED) is 0.0543. The topological polar surface area (TPSA) is 398 Å². The van der Waals surface area contributed by atoms with E-state index in [2.05, 4.69) is 134 Å². The molecule has 29 nitrogen and oxygen atoms in total. The third-order valence-corrected chi connectivity index (χ3v) is 15.3. The molecule has 2 aromatic carbocycles. The number of carboxylic acids is 1. The molecule has 6 aliphatic rings. The van der Waals surface area contributed by atoms with Crippen molar-refractivity contribution in [3.63, 3.8) is 0 Å². The van der Waals surface area contributed by atoms with E-state index in [1.807, 2.05) is 48.5 Å². The van der Waals surface area contributed by atoms with Crippen molar-refractivity contribution in [2.24, 2.45) is 16.6 Å². The van der Waals surface area contributed by atoms with Crippen LogP contribution in [0.2, 0.25) is 0 Å². The lowest BCUT2D eigenvalue weighted by atomic mass is 9.90. The first-order valence-corrected chi connectivity index (χ1v) is 30.8. The first-order chi connectivity index (χ1) is 42.3. The number of carbonyl (C=O) groups excluding carboxylic acids is 3. The van der Waals surface area contributed by atoms with Crippen molar-refractivity contribution in [1.82, 2.24) is 121 Å². The summed E-state index contributed by atoms with van der Waals surface area (Å²) in [5.41, 5.74) is 8.50. The largest absolute Gasteiger partial charge is 0.481 e. The molecule has 3 amide bonds. The fourth-order valence-corrected chi connectivity index (χ4v) is 10.4. The van der Waals surface area contributed by atoms with Crippen LogP contribution in [0.4, 0.5) is 0 Å². The highest BCUT2D eigenvalue weighted by molar-refractivity contribution is 5.79. The van der Waals surface area contributed by atoms with Gasteiger partial charge in [-0.3, -0.25) is 19.2 Å². The minimum Gasteiger partial charge on any atom is -0.481 e. The number of fused-ring (bicyclic) bond motifs is 30. The van der Waals surface area contributed by atoms with Gasteiger partial charge in [0, 0.05) is 218 Å². The molecule has 29 heteroatoms. The minimum atomic E-state index is -0.870. The molecule has 0 unspecified atom stereocenters. The molecule has 10 rings (SSSR count). The summed E-state index contributed by atoms with van der Waals surface area (Å²) in [5.74, 6) is -0.130. The molecule has 87 heavy (non-hydrogen) atoms. The second kappa shape index (κ2) is 38.8. The van der Waals surface area contributed by atoms with Gasteiger partial charge in [0.2, 0.25) is 29.4 Å². The summed E-state index contributed by atoms with van der Waals surface area (Å²) in [6.45, 7) is 25.0. The van der Waals surface area contributed by atoms with E-state index in [0.717, 1.165) is 140 Å². The molecule has 6 aliphatic heterocycles. The average molecular weight is 1210 g/mol. The third kappa shape index (κ3) is 27.3. The summed E-state index contributed by atoms with van der Waals surface area (Å²) in [5, 5.41) is 91.4. The Balaban J connectivity index is 0.000000236. The van der Waals surface area contributed by atoms with E-state index in [4.69, 9.17) is 10.8 Å². The standard InChI is InChI=1S/C29H48N12O2.C20H41N7O3.C9H9N5/c1-28-16-30-9-12-33-19-29(20-34-13-10-31-17-28,21-35-14-11-32-18-28)39-26(43)4-2-3-25(42)36-15-23-5-7-24(8-6-23)27-40-37-22-38-41-27;1-19-11-21-5-8-24-14-20(15-25-9-6-22-12-19,16-26-10-7-23-13-19)27-17(28)3-2-4-18(29)30;10-5-7-1-3-8(4-2-7)9-13-11-6-12-14-9/h5-8,22,30-35H,2-4,9-21H2,1H3,(H,36,42)(H,39,43);21-26H,2-16H2,1H3,(H,27,28)(H,29,30);1-4,6H,5,10H2. The highest BCUT2D eigenvalue weighted by Gasteiger charge is 2.34. The molecular formula is C58H98N24O5. The SMILES string of the molecule is CC12CNCCNCC(NC(=O)CCCC(=O)NCc3ccc(-c4nncnn4)cc3)(CNCCNC1)CNCCNC2.CC12CNCCNCC(NC(=O)CCCC(=O)O)(CNCCNC1)CNCCNC2.NCc1ccc(-c2nncnn2)cc1. The number of nitrogens with zero attached hydrogens (tertiary/aromatic N) is 8. The van der Waals surface area contributed by atoms with Crippen molar-refractivity contribution in [2.75, 3.05) is 157 Å². The molecule has 8 heterocycles. The highest BCUT2D eigenvalue weighted by atomic mass is 16.4. The van der Waals surface area contributed by atoms with Crippen LogP contribution in [0.15, 0.2) is 61.2 Å². The number of aliphatic carboxylic acids is 1. The molecule has 2 aromatic heterocycles. The van der Waals surface area contributed by atoms with Gasteiger partial charge in [-0.25, -0.2) is 0 Å². The minimum absolute atomic E-state index is 0.0110. The van der Waals surface area contributed by atoms with Gasteiger partial charge in [-0.2, -0.15) is 0 Å². The van der Waals surface area contributed by atoms with Crippen LogP contribution in [0.25, 0.3) is 22.8 Å². The van der Waals surface area contributed by atoms with E-state index >= 15 is 0 Å². The molecule has 480 valence electrons. The second-order valence-corrected chi connectivity index (χ2v) is 23.6. The van der Waals surface area contributed by atoms with Crippen LogP contribution in [-0.4, -0.2) is 238 Å². The Hall–Kier alpha value is -6.32. The summed E-state index contributed by atoms with van der Waals surface area (Å²) in [7, 11) is 0. The molecule has 6 fully saturated rings. The van der Waals surface area contributed by atoms with Gasteiger partial charge in [0.1, 0.15) is 0 Å². The molecule has 6 saturated heterocycles. The smallest absolute Gasteiger partial charge is 0.303 e. The number of nitrogens with two attached hydrogens (primary N) is 1. The Morgan fingerprint density at radius 2 is 0.713 bits per heavy atom. The molecule has 18 N–H and O–H groups in total. The van der Waals surface area contributed by atoms with Crippen LogP contribution in [0.1, 0.15) is 63.5 Å². The maximum absolute atomic E-state index is 13.1.